The molecule has 0 aromatic rings. The highest BCUT2D eigenvalue weighted by atomic mass is 15.2. The SMILES string of the molecule is CC1CC(NCC2CCN(C3CC3)C2)C1. The second-order valence-electron chi connectivity index (χ2n) is 6.06. The Hall–Kier alpha value is -0.0800. The molecule has 15 heavy (non-hydrogen) atoms. The molecule has 1 aliphatic heterocycles. The van der Waals surface area contributed by atoms with Gasteiger partial charge in [-0.2, -0.15) is 0 Å². The van der Waals surface area contributed by atoms with E-state index in [9.17, 15) is 0 Å². The standard InChI is InChI=1S/C13H24N2/c1-10-6-12(7-10)14-8-11-4-5-15(9-11)13-2-3-13/h10-14H,2-9H2,1H3. The van der Waals surface area contributed by atoms with Gasteiger partial charge in [0.05, 0.1) is 0 Å². The first-order valence-electron chi connectivity index (χ1n) is 6.78. The minimum atomic E-state index is 0.856. The summed E-state index contributed by atoms with van der Waals surface area (Å²) in [4.78, 5) is 2.72. The van der Waals surface area contributed by atoms with Gasteiger partial charge in [-0.1, -0.05) is 6.92 Å². The van der Waals surface area contributed by atoms with Crippen LogP contribution in [0.4, 0.5) is 0 Å². The monoisotopic (exact) mass is 208 g/mol. The van der Waals surface area contributed by atoms with Crippen LogP contribution < -0.4 is 5.32 Å². The summed E-state index contributed by atoms with van der Waals surface area (Å²) in [5, 5.41) is 3.74. The van der Waals surface area contributed by atoms with Gasteiger partial charge in [0.15, 0.2) is 0 Å². The van der Waals surface area contributed by atoms with Crippen molar-refractivity contribution in [1.29, 1.82) is 0 Å². The molecule has 2 saturated carbocycles. The number of nitrogens with one attached hydrogen (secondary N) is 1. The highest BCUT2D eigenvalue weighted by Crippen LogP contribution is 2.32. The molecular formula is C13H24N2. The molecular weight excluding hydrogens is 184 g/mol. The van der Waals surface area contributed by atoms with Crippen LogP contribution in [0.1, 0.15) is 39.0 Å². The van der Waals surface area contributed by atoms with Crippen LogP contribution in [0.2, 0.25) is 0 Å². The molecule has 0 aromatic carbocycles. The molecule has 2 heteroatoms. The molecule has 1 N–H and O–H groups in total. The second kappa shape index (κ2) is 4.06. The van der Waals surface area contributed by atoms with Gasteiger partial charge in [0.2, 0.25) is 0 Å². The molecule has 2 aliphatic carbocycles. The van der Waals surface area contributed by atoms with E-state index in [1.165, 1.54) is 51.7 Å². The van der Waals surface area contributed by atoms with Crippen molar-refractivity contribution in [2.75, 3.05) is 19.6 Å². The summed E-state index contributed by atoms with van der Waals surface area (Å²) >= 11 is 0. The van der Waals surface area contributed by atoms with E-state index in [4.69, 9.17) is 0 Å². The van der Waals surface area contributed by atoms with Crippen molar-refractivity contribution in [3.8, 4) is 0 Å². The van der Waals surface area contributed by atoms with E-state index in [0.29, 0.717) is 0 Å². The Morgan fingerprint density at radius 3 is 2.67 bits per heavy atom. The maximum absolute atomic E-state index is 3.74. The molecule has 3 rings (SSSR count). The summed E-state index contributed by atoms with van der Waals surface area (Å²) in [5.74, 6) is 1.93. The highest BCUT2D eigenvalue weighted by molar-refractivity contribution is 4.91. The minimum absolute atomic E-state index is 0.856. The summed E-state index contributed by atoms with van der Waals surface area (Å²) in [7, 11) is 0. The lowest BCUT2D eigenvalue weighted by molar-refractivity contribution is 0.229. The van der Waals surface area contributed by atoms with E-state index in [2.05, 4.69) is 17.1 Å². The predicted octanol–water partition coefficient (Wildman–Crippen LogP) is 1.86. The molecule has 3 aliphatic rings. The lowest BCUT2D eigenvalue weighted by Gasteiger charge is -2.34. The highest BCUT2D eigenvalue weighted by Gasteiger charge is 2.34. The van der Waals surface area contributed by atoms with E-state index >= 15 is 0 Å². The van der Waals surface area contributed by atoms with Crippen molar-refractivity contribution >= 4 is 0 Å². The van der Waals surface area contributed by atoms with Crippen LogP contribution >= 0.6 is 0 Å². The lowest BCUT2D eigenvalue weighted by Crippen LogP contribution is -2.42. The number of hydrogen-bond acceptors (Lipinski definition) is 2. The van der Waals surface area contributed by atoms with E-state index in [1.807, 2.05) is 0 Å². The molecule has 1 saturated heterocycles. The Bertz CT molecular complexity index is 219. The minimum Gasteiger partial charge on any atom is -0.314 e. The molecule has 86 valence electrons. The van der Waals surface area contributed by atoms with Crippen LogP contribution in [-0.4, -0.2) is 36.6 Å². The molecule has 0 bridgehead atoms. The lowest BCUT2D eigenvalue weighted by atomic mass is 9.82. The average molecular weight is 208 g/mol. The normalized spacial score (nSPS) is 41.8. The van der Waals surface area contributed by atoms with E-state index in [1.54, 1.807) is 0 Å². The number of nitrogens with zero attached hydrogens (tertiary/aromatic N) is 1. The van der Waals surface area contributed by atoms with E-state index in [-0.39, 0.29) is 0 Å². The number of rotatable bonds is 4. The van der Waals surface area contributed by atoms with Gasteiger partial charge in [-0.25, -0.2) is 0 Å². The van der Waals surface area contributed by atoms with E-state index < -0.39 is 0 Å². The van der Waals surface area contributed by atoms with E-state index in [0.717, 1.165) is 23.9 Å². The molecule has 1 unspecified atom stereocenters. The maximum atomic E-state index is 3.74. The Morgan fingerprint density at radius 2 is 2.00 bits per heavy atom. The van der Waals surface area contributed by atoms with Crippen LogP contribution in [-0.2, 0) is 0 Å². The van der Waals surface area contributed by atoms with Gasteiger partial charge in [-0.3, -0.25) is 0 Å². The number of likely N-dealkylation sites (tertiary alicyclic amines) is 1. The predicted molar refractivity (Wildman–Crippen MR) is 62.9 cm³/mol. The van der Waals surface area contributed by atoms with Gasteiger partial charge >= 0.3 is 0 Å². The first-order valence-corrected chi connectivity index (χ1v) is 6.78. The van der Waals surface area contributed by atoms with Gasteiger partial charge in [0.25, 0.3) is 0 Å². The van der Waals surface area contributed by atoms with Crippen LogP contribution in [0.5, 0.6) is 0 Å². The van der Waals surface area contributed by atoms with Crippen molar-refractivity contribution in [3.05, 3.63) is 0 Å². The van der Waals surface area contributed by atoms with Gasteiger partial charge in [0, 0.05) is 18.6 Å². The van der Waals surface area contributed by atoms with Crippen LogP contribution in [0, 0.1) is 11.8 Å². The molecule has 0 spiro atoms. The van der Waals surface area contributed by atoms with Crippen LogP contribution in [0.25, 0.3) is 0 Å². The maximum Gasteiger partial charge on any atom is 0.00965 e. The quantitative estimate of drug-likeness (QED) is 0.758. The molecule has 0 radical (unpaired) electrons. The summed E-state index contributed by atoms with van der Waals surface area (Å²) in [6, 6.07) is 1.84. The Kier molecular flexibility index (Phi) is 2.73. The third kappa shape index (κ3) is 2.36. The Morgan fingerprint density at radius 1 is 1.20 bits per heavy atom. The van der Waals surface area contributed by atoms with Gasteiger partial charge < -0.3 is 10.2 Å². The summed E-state index contributed by atoms with van der Waals surface area (Å²) in [6.45, 7) is 6.39. The summed E-state index contributed by atoms with van der Waals surface area (Å²) < 4.78 is 0. The van der Waals surface area contributed by atoms with Crippen LogP contribution in [0.3, 0.4) is 0 Å². The zero-order chi connectivity index (χ0) is 10.3. The average Bonchev–Trinajstić information content (AvgIpc) is 2.92. The second-order valence-corrected chi connectivity index (χ2v) is 6.06. The molecule has 2 nitrogen and oxygen atoms in total. The van der Waals surface area contributed by atoms with Gasteiger partial charge in [-0.05, 0) is 57.0 Å². The van der Waals surface area contributed by atoms with Crippen molar-refractivity contribution in [3.63, 3.8) is 0 Å². The molecule has 0 aromatic heterocycles. The smallest absolute Gasteiger partial charge is 0.00965 e. The van der Waals surface area contributed by atoms with Crippen molar-refractivity contribution in [2.24, 2.45) is 11.8 Å². The number of hydrogen-bond donors (Lipinski definition) is 1. The Labute approximate surface area is 93.4 Å². The zero-order valence-electron chi connectivity index (χ0n) is 9.91. The summed E-state index contributed by atoms with van der Waals surface area (Å²) in [5.41, 5.74) is 0. The molecule has 3 fully saturated rings. The topological polar surface area (TPSA) is 15.3 Å². The Balaban J connectivity index is 1.34. The van der Waals surface area contributed by atoms with Gasteiger partial charge in [-0.15, -0.1) is 0 Å². The summed E-state index contributed by atoms with van der Waals surface area (Å²) in [6.07, 6.45) is 7.21. The largest absolute Gasteiger partial charge is 0.314 e. The van der Waals surface area contributed by atoms with Crippen LogP contribution in [0.15, 0.2) is 0 Å². The van der Waals surface area contributed by atoms with Crippen molar-refractivity contribution in [2.45, 2.75) is 51.1 Å². The fourth-order valence-electron chi connectivity index (χ4n) is 3.20. The third-order valence-electron chi connectivity index (χ3n) is 4.45. The first kappa shape index (κ1) is 10.1. The fourth-order valence-corrected chi connectivity index (χ4v) is 3.20. The first-order chi connectivity index (χ1) is 7.31. The van der Waals surface area contributed by atoms with Gasteiger partial charge in [0.1, 0.15) is 0 Å². The fraction of sp³-hybridized carbons (Fsp3) is 1.00. The third-order valence-corrected chi connectivity index (χ3v) is 4.45. The van der Waals surface area contributed by atoms with Crippen molar-refractivity contribution < 1.29 is 0 Å². The molecule has 1 heterocycles. The zero-order valence-corrected chi connectivity index (χ0v) is 9.91. The molecule has 0 amide bonds. The van der Waals surface area contributed by atoms with Crippen molar-refractivity contribution in [1.82, 2.24) is 10.2 Å². The molecule has 1 atom stereocenters.